The standard InChI is InChI=1S/C19H23ClN2O4S/c1-4-8-17(14-9-6-5-7-10-14)21-19(23)15-11-12-16(20)18(13-15)27(24,25)22(2)26-3/h5-7,9-13,17H,4,8H2,1-3H3,(H,21,23). The van der Waals surface area contributed by atoms with Gasteiger partial charge in [0.2, 0.25) is 0 Å². The Balaban J connectivity index is 2.32. The molecule has 146 valence electrons. The summed E-state index contributed by atoms with van der Waals surface area (Å²) in [5, 5.41) is 2.99. The molecule has 0 saturated heterocycles. The van der Waals surface area contributed by atoms with Crippen molar-refractivity contribution < 1.29 is 18.0 Å². The molecule has 0 radical (unpaired) electrons. The molecule has 27 heavy (non-hydrogen) atoms. The van der Waals surface area contributed by atoms with Crippen LogP contribution in [0.1, 0.15) is 41.7 Å². The maximum absolute atomic E-state index is 12.7. The van der Waals surface area contributed by atoms with Gasteiger partial charge in [-0.2, -0.15) is 0 Å². The van der Waals surface area contributed by atoms with Crippen molar-refractivity contribution >= 4 is 27.5 Å². The van der Waals surface area contributed by atoms with Gasteiger partial charge in [-0.25, -0.2) is 8.42 Å². The van der Waals surface area contributed by atoms with Crippen LogP contribution >= 0.6 is 11.6 Å². The van der Waals surface area contributed by atoms with Crippen LogP contribution in [0.25, 0.3) is 0 Å². The first kappa shape index (κ1) is 21.4. The number of nitrogens with zero attached hydrogens (tertiary/aromatic N) is 1. The van der Waals surface area contributed by atoms with E-state index in [9.17, 15) is 13.2 Å². The van der Waals surface area contributed by atoms with E-state index in [-0.39, 0.29) is 27.4 Å². The summed E-state index contributed by atoms with van der Waals surface area (Å²) in [5.74, 6) is -0.370. The van der Waals surface area contributed by atoms with Gasteiger partial charge in [-0.15, -0.1) is 0 Å². The molecular weight excluding hydrogens is 388 g/mol. The van der Waals surface area contributed by atoms with Gasteiger partial charge in [-0.3, -0.25) is 9.63 Å². The van der Waals surface area contributed by atoms with Crippen molar-refractivity contribution in [1.82, 2.24) is 9.79 Å². The quantitative estimate of drug-likeness (QED) is 0.671. The molecule has 2 aromatic rings. The minimum atomic E-state index is -3.97. The Bertz CT molecular complexity index is 888. The summed E-state index contributed by atoms with van der Waals surface area (Å²) in [4.78, 5) is 17.3. The number of amides is 1. The Morgan fingerprint density at radius 1 is 1.22 bits per heavy atom. The fourth-order valence-electron chi connectivity index (χ4n) is 2.62. The number of rotatable bonds is 8. The van der Waals surface area contributed by atoms with E-state index >= 15 is 0 Å². The molecule has 0 fully saturated rings. The first-order valence-corrected chi connectivity index (χ1v) is 10.3. The Morgan fingerprint density at radius 2 is 1.89 bits per heavy atom. The summed E-state index contributed by atoms with van der Waals surface area (Å²) in [6.07, 6.45) is 1.65. The van der Waals surface area contributed by atoms with E-state index in [1.807, 2.05) is 37.3 Å². The van der Waals surface area contributed by atoms with Gasteiger partial charge in [0.25, 0.3) is 15.9 Å². The van der Waals surface area contributed by atoms with E-state index in [1.54, 1.807) is 0 Å². The molecule has 2 rings (SSSR count). The van der Waals surface area contributed by atoms with Gasteiger partial charge in [-0.1, -0.05) is 59.7 Å². The number of carbonyl (C=O) groups is 1. The lowest BCUT2D eigenvalue weighted by atomic mass is 10.0. The molecule has 1 unspecified atom stereocenters. The van der Waals surface area contributed by atoms with E-state index in [2.05, 4.69) is 5.32 Å². The zero-order valence-electron chi connectivity index (χ0n) is 15.5. The maximum Gasteiger partial charge on any atom is 0.266 e. The van der Waals surface area contributed by atoms with Crippen LogP contribution in [-0.2, 0) is 14.9 Å². The average Bonchev–Trinajstić information content (AvgIpc) is 2.67. The minimum absolute atomic E-state index is 0.0172. The largest absolute Gasteiger partial charge is 0.345 e. The summed E-state index contributed by atoms with van der Waals surface area (Å²) < 4.78 is 25.7. The van der Waals surface area contributed by atoms with Gasteiger partial charge in [0.1, 0.15) is 4.90 Å². The highest BCUT2D eigenvalue weighted by Gasteiger charge is 2.25. The number of hydrogen-bond donors (Lipinski definition) is 1. The number of carbonyl (C=O) groups excluding carboxylic acids is 1. The van der Waals surface area contributed by atoms with Crippen LogP contribution in [0.4, 0.5) is 0 Å². The number of halogens is 1. The zero-order chi connectivity index (χ0) is 20.0. The van der Waals surface area contributed by atoms with Crippen molar-refractivity contribution in [1.29, 1.82) is 0 Å². The third kappa shape index (κ3) is 5.07. The third-order valence-corrected chi connectivity index (χ3v) is 6.31. The van der Waals surface area contributed by atoms with Gasteiger partial charge in [-0.05, 0) is 30.2 Å². The van der Waals surface area contributed by atoms with Crippen LogP contribution < -0.4 is 5.32 Å². The number of benzene rings is 2. The Hall–Kier alpha value is -1.93. The van der Waals surface area contributed by atoms with Crippen molar-refractivity contribution in [3.05, 3.63) is 64.7 Å². The summed E-state index contributed by atoms with van der Waals surface area (Å²) in [6.45, 7) is 2.04. The summed E-state index contributed by atoms with van der Waals surface area (Å²) in [5.41, 5.74) is 1.20. The van der Waals surface area contributed by atoms with Crippen molar-refractivity contribution in [2.75, 3.05) is 14.2 Å². The molecule has 1 amide bonds. The number of hydrogen-bond acceptors (Lipinski definition) is 4. The van der Waals surface area contributed by atoms with Crippen LogP contribution in [0.5, 0.6) is 0 Å². The molecule has 0 saturated carbocycles. The molecule has 8 heteroatoms. The van der Waals surface area contributed by atoms with E-state index in [0.717, 1.165) is 18.4 Å². The monoisotopic (exact) mass is 410 g/mol. The Morgan fingerprint density at radius 3 is 2.48 bits per heavy atom. The fourth-order valence-corrected chi connectivity index (χ4v) is 4.09. The van der Waals surface area contributed by atoms with Crippen LogP contribution in [0.2, 0.25) is 5.02 Å². The van der Waals surface area contributed by atoms with Crippen LogP contribution in [0.15, 0.2) is 53.4 Å². The summed E-state index contributed by atoms with van der Waals surface area (Å²) >= 11 is 6.04. The first-order chi connectivity index (χ1) is 12.8. The van der Waals surface area contributed by atoms with Gasteiger partial charge >= 0.3 is 0 Å². The molecule has 0 aliphatic carbocycles. The molecule has 0 aliphatic rings. The molecule has 0 aliphatic heterocycles. The molecule has 1 atom stereocenters. The molecule has 0 aromatic heterocycles. The van der Waals surface area contributed by atoms with Gasteiger partial charge in [0.05, 0.1) is 18.2 Å². The van der Waals surface area contributed by atoms with Gasteiger partial charge in [0, 0.05) is 12.6 Å². The lowest BCUT2D eigenvalue weighted by molar-refractivity contribution is -0.0258. The predicted octanol–water partition coefficient (Wildman–Crippen LogP) is 3.79. The summed E-state index contributed by atoms with van der Waals surface area (Å²) in [7, 11) is -1.48. The fraction of sp³-hybridized carbons (Fsp3) is 0.316. The predicted molar refractivity (Wildman–Crippen MR) is 105 cm³/mol. The second-order valence-corrected chi connectivity index (χ2v) is 8.28. The second kappa shape index (κ2) is 9.32. The molecule has 2 aromatic carbocycles. The smallest absolute Gasteiger partial charge is 0.266 e. The zero-order valence-corrected chi connectivity index (χ0v) is 17.0. The molecule has 0 heterocycles. The number of nitrogens with one attached hydrogen (secondary N) is 1. The van der Waals surface area contributed by atoms with E-state index < -0.39 is 10.0 Å². The lowest BCUT2D eigenvalue weighted by Crippen LogP contribution is -2.29. The van der Waals surface area contributed by atoms with Gasteiger partial charge in [0.15, 0.2) is 0 Å². The van der Waals surface area contributed by atoms with Crippen molar-refractivity contribution in [2.45, 2.75) is 30.7 Å². The highest BCUT2D eigenvalue weighted by molar-refractivity contribution is 7.89. The molecule has 0 spiro atoms. The molecule has 6 nitrogen and oxygen atoms in total. The normalized spacial score (nSPS) is 12.8. The first-order valence-electron chi connectivity index (χ1n) is 8.49. The van der Waals surface area contributed by atoms with E-state index in [4.69, 9.17) is 16.4 Å². The van der Waals surface area contributed by atoms with Crippen molar-refractivity contribution in [3.8, 4) is 0 Å². The molecule has 1 N–H and O–H groups in total. The summed E-state index contributed by atoms with van der Waals surface area (Å²) in [6, 6.07) is 13.6. The van der Waals surface area contributed by atoms with E-state index in [0.29, 0.717) is 4.47 Å². The van der Waals surface area contributed by atoms with Crippen LogP contribution in [0.3, 0.4) is 0 Å². The Labute approximate surface area is 165 Å². The highest BCUT2D eigenvalue weighted by Crippen LogP contribution is 2.26. The van der Waals surface area contributed by atoms with E-state index in [1.165, 1.54) is 32.4 Å². The number of hydroxylamine groups is 1. The third-order valence-electron chi connectivity index (χ3n) is 4.15. The maximum atomic E-state index is 12.7. The van der Waals surface area contributed by atoms with Gasteiger partial charge < -0.3 is 5.32 Å². The highest BCUT2D eigenvalue weighted by atomic mass is 35.5. The number of sulfonamides is 1. The average molecular weight is 411 g/mol. The SMILES string of the molecule is CCCC(NC(=O)c1ccc(Cl)c(S(=O)(=O)N(C)OC)c1)c1ccccc1. The topological polar surface area (TPSA) is 75.7 Å². The van der Waals surface area contributed by atoms with Crippen molar-refractivity contribution in [3.63, 3.8) is 0 Å². The minimum Gasteiger partial charge on any atom is -0.345 e. The molecule has 0 bridgehead atoms. The Kier molecular flexibility index (Phi) is 7.38. The second-order valence-electron chi connectivity index (χ2n) is 5.97. The van der Waals surface area contributed by atoms with Crippen LogP contribution in [0, 0.1) is 0 Å². The van der Waals surface area contributed by atoms with Crippen LogP contribution in [-0.4, -0.2) is 33.0 Å². The molecular formula is C19H23ClN2O4S. The lowest BCUT2D eigenvalue weighted by Gasteiger charge is -2.19. The van der Waals surface area contributed by atoms with Crippen molar-refractivity contribution in [2.24, 2.45) is 0 Å².